The summed E-state index contributed by atoms with van der Waals surface area (Å²) in [5.74, 6) is 6.23. The molecule has 0 aliphatic carbocycles. The lowest BCUT2D eigenvalue weighted by Gasteiger charge is -2.20. The molecule has 30 heavy (non-hydrogen) atoms. The zero-order valence-electron chi connectivity index (χ0n) is 18.6. The van der Waals surface area contributed by atoms with Crippen molar-refractivity contribution in [2.45, 2.75) is 64.9 Å². The predicted octanol–water partition coefficient (Wildman–Crippen LogP) is 5.80. The number of ether oxygens (including phenoxy) is 2. The summed E-state index contributed by atoms with van der Waals surface area (Å²) in [5, 5.41) is 9.06. The SMILES string of the molecule is CC#CC(CC(=O)O)c1ccc(OC(C)CCOc2cccc(C(C)(C)C)c2)cc1. The van der Waals surface area contributed by atoms with Crippen molar-refractivity contribution in [1.29, 1.82) is 0 Å². The highest BCUT2D eigenvalue weighted by Crippen LogP contribution is 2.26. The minimum Gasteiger partial charge on any atom is -0.493 e. The van der Waals surface area contributed by atoms with Crippen LogP contribution < -0.4 is 9.47 Å². The number of benzene rings is 2. The summed E-state index contributed by atoms with van der Waals surface area (Å²) in [6.07, 6.45) is 0.738. The van der Waals surface area contributed by atoms with Crippen LogP contribution in [0.3, 0.4) is 0 Å². The molecule has 0 aromatic heterocycles. The van der Waals surface area contributed by atoms with E-state index in [0.717, 1.165) is 23.5 Å². The highest BCUT2D eigenvalue weighted by atomic mass is 16.5. The highest BCUT2D eigenvalue weighted by Gasteiger charge is 2.15. The van der Waals surface area contributed by atoms with Gasteiger partial charge in [0.15, 0.2) is 0 Å². The minimum absolute atomic E-state index is 0.00750. The number of hydrogen-bond donors (Lipinski definition) is 1. The molecule has 0 fully saturated rings. The van der Waals surface area contributed by atoms with Crippen LogP contribution in [-0.2, 0) is 10.2 Å². The highest BCUT2D eigenvalue weighted by molar-refractivity contribution is 5.69. The quantitative estimate of drug-likeness (QED) is 0.533. The number of hydrogen-bond acceptors (Lipinski definition) is 3. The molecule has 160 valence electrons. The Morgan fingerprint density at radius 1 is 1.10 bits per heavy atom. The second-order valence-corrected chi connectivity index (χ2v) is 8.46. The maximum atomic E-state index is 11.0. The van der Waals surface area contributed by atoms with E-state index in [1.54, 1.807) is 6.92 Å². The standard InChI is InChI=1S/C26H32O4/c1-6-8-21(17-25(27)28)20-11-13-23(14-12-20)30-19(2)15-16-29-24-10-7-9-22(18-24)26(3,4)5/h7,9-14,18-19,21H,15-17H2,1-5H3,(H,27,28). The molecule has 0 radical (unpaired) electrons. The smallest absolute Gasteiger partial charge is 0.304 e. The molecule has 0 aliphatic heterocycles. The second-order valence-electron chi connectivity index (χ2n) is 8.46. The fraction of sp³-hybridized carbons (Fsp3) is 0.423. The molecule has 0 saturated heterocycles. The van der Waals surface area contributed by atoms with Crippen LogP contribution in [0.25, 0.3) is 0 Å². The summed E-state index contributed by atoms with van der Waals surface area (Å²) < 4.78 is 11.9. The summed E-state index contributed by atoms with van der Waals surface area (Å²) in [4.78, 5) is 11.0. The average molecular weight is 409 g/mol. The topological polar surface area (TPSA) is 55.8 Å². The molecule has 0 aliphatic rings. The first-order valence-electron chi connectivity index (χ1n) is 10.3. The van der Waals surface area contributed by atoms with E-state index < -0.39 is 5.97 Å². The van der Waals surface area contributed by atoms with E-state index in [-0.39, 0.29) is 23.9 Å². The third-order valence-corrected chi connectivity index (χ3v) is 4.81. The summed E-state index contributed by atoms with van der Waals surface area (Å²) in [7, 11) is 0. The molecular formula is C26H32O4. The Hall–Kier alpha value is -2.93. The summed E-state index contributed by atoms with van der Waals surface area (Å²) in [6.45, 7) is 10.9. The Morgan fingerprint density at radius 3 is 2.40 bits per heavy atom. The third kappa shape index (κ3) is 7.48. The number of carbonyl (C=O) groups is 1. The van der Waals surface area contributed by atoms with Crippen molar-refractivity contribution in [2.75, 3.05) is 6.61 Å². The van der Waals surface area contributed by atoms with Gasteiger partial charge in [-0.15, -0.1) is 5.92 Å². The number of aliphatic carboxylic acids is 1. The van der Waals surface area contributed by atoms with Crippen LogP contribution >= 0.6 is 0 Å². The van der Waals surface area contributed by atoms with Crippen LogP contribution in [-0.4, -0.2) is 23.8 Å². The monoisotopic (exact) mass is 408 g/mol. The van der Waals surface area contributed by atoms with Gasteiger partial charge in [0.2, 0.25) is 0 Å². The molecular weight excluding hydrogens is 376 g/mol. The molecule has 0 saturated carbocycles. The van der Waals surface area contributed by atoms with Crippen molar-refractivity contribution < 1.29 is 19.4 Å². The maximum absolute atomic E-state index is 11.0. The fourth-order valence-corrected chi connectivity index (χ4v) is 3.07. The summed E-state index contributed by atoms with van der Waals surface area (Å²) in [6, 6.07) is 15.7. The minimum atomic E-state index is -0.857. The lowest BCUT2D eigenvalue weighted by atomic mass is 9.87. The Morgan fingerprint density at radius 2 is 1.80 bits per heavy atom. The number of rotatable bonds is 9. The molecule has 2 atom stereocenters. The fourth-order valence-electron chi connectivity index (χ4n) is 3.07. The van der Waals surface area contributed by atoms with E-state index in [0.29, 0.717) is 6.61 Å². The molecule has 2 aromatic carbocycles. The molecule has 0 spiro atoms. The van der Waals surface area contributed by atoms with Gasteiger partial charge < -0.3 is 14.6 Å². The molecule has 4 heteroatoms. The maximum Gasteiger partial charge on any atom is 0.304 e. The van der Waals surface area contributed by atoms with Gasteiger partial charge in [0.25, 0.3) is 0 Å². The van der Waals surface area contributed by atoms with Crippen LogP contribution in [0.1, 0.15) is 64.5 Å². The van der Waals surface area contributed by atoms with E-state index in [4.69, 9.17) is 14.6 Å². The van der Waals surface area contributed by atoms with Crippen molar-refractivity contribution >= 4 is 5.97 Å². The van der Waals surface area contributed by atoms with E-state index in [2.05, 4.69) is 44.7 Å². The van der Waals surface area contributed by atoms with Gasteiger partial charge in [-0.25, -0.2) is 0 Å². The van der Waals surface area contributed by atoms with Crippen LogP contribution in [0.4, 0.5) is 0 Å². The first-order valence-corrected chi connectivity index (χ1v) is 10.3. The van der Waals surface area contributed by atoms with Gasteiger partial charge in [-0.2, -0.15) is 0 Å². The number of carboxylic acids is 1. The Kier molecular flexibility index (Phi) is 8.35. The first kappa shape index (κ1) is 23.3. The van der Waals surface area contributed by atoms with E-state index in [1.165, 1.54) is 5.56 Å². The van der Waals surface area contributed by atoms with Crippen molar-refractivity contribution in [3.05, 3.63) is 59.7 Å². The molecule has 4 nitrogen and oxygen atoms in total. The Balaban J connectivity index is 1.87. The number of carboxylic acid groups (broad SMARTS) is 1. The molecule has 1 N–H and O–H groups in total. The zero-order valence-corrected chi connectivity index (χ0v) is 18.6. The first-order chi connectivity index (χ1) is 14.2. The van der Waals surface area contributed by atoms with Crippen molar-refractivity contribution in [1.82, 2.24) is 0 Å². The largest absolute Gasteiger partial charge is 0.493 e. The van der Waals surface area contributed by atoms with Gasteiger partial charge in [-0.05, 0) is 54.7 Å². The van der Waals surface area contributed by atoms with Crippen LogP contribution in [0.5, 0.6) is 11.5 Å². The van der Waals surface area contributed by atoms with Crippen molar-refractivity contribution in [3.8, 4) is 23.3 Å². The van der Waals surface area contributed by atoms with Gasteiger partial charge in [0, 0.05) is 6.42 Å². The van der Waals surface area contributed by atoms with Crippen molar-refractivity contribution in [2.24, 2.45) is 0 Å². The second kappa shape index (κ2) is 10.7. The summed E-state index contributed by atoms with van der Waals surface area (Å²) in [5.41, 5.74) is 2.22. The van der Waals surface area contributed by atoms with Gasteiger partial charge in [0.1, 0.15) is 11.5 Å². The van der Waals surface area contributed by atoms with E-state index >= 15 is 0 Å². The third-order valence-electron chi connectivity index (χ3n) is 4.81. The Bertz CT molecular complexity index is 882. The molecule has 0 heterocycles. The van der Waals surface area contributed by atoms with Crippen LogP contribution in [0, 0.1) is 11.8 Å². The predicted molar refractivity (Wildman–Crippen MR) is 120 cm³/mol. The molecule has 0 amide bonds. The zero-order chi connectivity index (χ0) is 22.1. The lowest BCUT2D eigenvalue weighted by Crippen LogP contribution is -2.16. The van der Waals surface area contributed by atoms with Crippen molar-refractivity contribution in [3.63, 3.8) is 0 Å². The van der Waals surface area contributed by atoms with E-state index in [1.807, 2.05) is 43.3 Å². The molecule has 0 bridgehead atoms. The molecule has 2 unspecified atom stereocenters. The Labute approximate surface area is 180 Å². The average Bonchev–Trinajstić information content (AvgIpc) is 2.67. The van der Waals surface area contributed by atoms with Gasteiger partial charge in [-0.1, -0.05) is 51.0 Å². The van der Waals surface area contributed by atoms with E-state index in [9.17, 15) is 4.79 Å². The van der Waals surface area contributed by atoms with Gasteiger partial charge >= 0.3 is 5.97 Å². The van der Waals surface area contributed by atoms with Gasteiger partial charge in [-0.3, -0.25) is 4.79 Å². The molecule has 2 rings (SSSR count). The van der Waals surface area contributed by atoms with Crippen LogP contribution in [0.2, 0.25) is 0 Å². The normalized spacial score (nSPS) is 13.0. The lowest BCUT2D eigenvalue weighted by molar-refractivity contribution is -0.137. The summed E-state index contributed by atoms with van der Waals surface area (Å²) >= 11 is 0. The molecule has 2 aromatic rings. The van der Waals surface area contributed by atoms with Crippen LogP contribution in [0.15, 0.2) is 48.5 Å². The van der Waals surface area contributed by atoms with Gasteiger partial charge in [0.05, 0.1) is 25.0 Å².